The molecule has 28 heavy (non-hydrogen) atoms. The molecule has 0 unspecified atom stereocenters. The predicted octanol–water partition coefficient (Wildman–Crippen LogP) is 5.34. The maximum absolute atomic E-state index is 12.2. The van der Waals surface area contributed by atoms with Gasteiger partial charge in [0.25, 0.3) is 0 Å². The number of nitrogens with zero attached hydrogens (tertiary/aromatic N) is 2. The second kappa shape index (κ2) is 8.19. The number of oxazole rings is 1. The lowest BCUT2D eigenvalue weighted by Crippen LogP contribution is -2.12. The van der Waals surface area contributed by atoms with Gasteiger partial charge in [-0.05, 0) is 6.92 Å². The van der Waals surface area contributed by atoms with Gasteiger partial charge in [-0.25, -0.2) is 9.97 Å². The van der Waals surface area contributed by atoms with E-state index in [1.807, 2.05) is 67.6 Å². The lowest BCUT2D eigenvalue weighted by Gasteiger charge is -2.01. The summed E-state index contributed by atoms with van der Waals surface area (Å²) in [5.41, 5.74) is 2.74. The Kier molecular flexibility index (Phi) is 5.30. The highest BCUT2D eigenvalue weighted by Crippen LogP contribution is 2.32. The summed E-state index contributed by atoms with van der Waals surface area (Å²) in [6.07, 6.45) is 2.44. The van der Waals surface area contributed by atoms with Crippen molar-refractivity contribution < 1.29 is 9.21 Å². The van der Waals surface area contributed by atoms with Crippen molar-refractivity contribution in [3.63, 3.8) is 0 Å². The van der Waals surface area contributed by atoms with E-state index in [9.17, 15) is 4.79 Å². The summed E-state index contributed by atoms with van der Waals surface area (Å²) in [5, 5.41) is 3.43. The van der Waals surface area contributed by atoms with Crippen LogP contribution in [-0.4, -0.2) is 15.9 Å². The molecule has 0 saturated heterocycles. The van der Waals surface area contributed by atoms with E-state index >= 15 is 0 Å². The van der Waals surface area contributed by atoms with E-state index in [-0.39, 0.29) is 12.3 Å². The third-order valence-electron chi connectivity index (χ3n) is 4.19. The van der Waals surface area contributed by atoms with E-state index in [0.29, 0.717) is 17.4 Å². The number of anilines is 1. The molecule has 0 spiro atoms. The predicted molar refractivity (Wildman–Crippen MR) is 111 cm³/mol. The van der Waals surface area contributed by atoms with Gasteiger partial charge in [-0.2, -0.15) is 0 Å². The largest absolute Gasteiger partial charge is 0.440 e. The molecule has 0 aliphatic heterocycles. The molecular weight excluding hydrogens is 370 g/mol. The minimum atomic E-state index is -0.102. The number of aromatic nitrogens is 2. The lowest BCUT2D eigenvalue weighted by molar-refractivity contribution is -0.116. The van der Waals surface area contributed by atoms with Crippen molar-refractivity contribution in [2.75, 3.05) is 5.32 Å². The number of carbonyl (C=O) groups excluding carboxylic acids is 1. The van der Waals surface area contributed by atoms with Crippen LogP contribution in [-0.2, 0) is 11.2 Å². The van der Waals surface area contributed by atoms with Crippen molar-refractivity contribution in [3.05, 3.63) is 77.6 Å². The number of carbonyl (C=O) groups is 1. The fourth-order valence-electron chi connectivity index (χ4n) is 2.86. The van der Waals surface area contributed by atoms with E-state index in [1.54, 1.807) is 6.20 Å². The first-order chi connectivity index (χ1) is 13.7. The number of amides is 1. The zero-order chi connectivity index (χ0) is 19.3. The molecule has 0 fully saturated rings. The Hall–Kier alpha value is -3.25. The van der Waals surface area contributed by atoms with Crippen molar-refractivity contribution in [3.8, 4) is 22.6 Å². The van der Waals surface area contributed by atoms with Crippen LogP contribution in [0.5, 0.6) is 0 Å². The second-order valence-electron chi connectivity index (χ2n) is 6.34. The van der Waals surface area contributed by atoms with Gasteiger partial charge in [0.2, 0.25) is 5.91 Å². The molecule has 0 atom stereocenters. The van der Waals surface area contributed by atoms with Gasteiger partial charge >= 0.3 is 0 Å². The first-order valence-corrected chi connectivity index (χ1v) is 9.83. The molecule has 5 nitrogen and oxygen atoms in total. The smallest absolute Gasteiger partial charge is 0.226 e. The van der Waals surface area contributed by atoms with Crippen LogP contribution < -0.4 is 5.32 Å². The van der Waals surface area contributed by atoms with Crippen LogP contribution >= 0.6 is 11.3 Å². The third-order valence-corrected chi connectivity index (χ3v) is 5.02. The standard InChI is InChI=1S/C22H19N3O2S/c1-15-14-23-22(28-15)24-18(26)12-13-19-25-20(16-8-4-2-5-9-16)21(27-19)17-10-6-3-7-11-17/h2-11,14H,12-13H2,1H3,(H,23,24,26). The summed E-state index contributed by atoms with van der Waals surface area (Å²) in [7, 11) is 0. The zero-order valence-corrected chi connectivity index (χ0v) is 16.2. The Morgan fingerprint density at radius 1 is 1.04 bits per heavy atom. The molecule has 140 valence electrons. The summed E-state index contributed by atoms with van der Waals surface area (Å²) in [5.74, 6) is 1.16. The van der Waals surface area contributed by atoms with E-state index in [1.165, 1.54) is 11.3 Å². The van der Waals surface area contributed by atoms with Crippen LogP contribution in [0.2, 0.25) is 0 Å². The number of aryl methyl sites for hydroxylation is 2. The van der Waals surface area contributed by atoms with E-state index in [4.69, 9.17) is 4.42 Å². The molecule has 6 heteroatoms. The van der Waals surface area contributed by atoms with Crippen LogP contribution in [0.15, 0.2) is 71.3 Å². The average Bonchev–Trinajstić information content (AvgIpc) is 3.34. The van der Waals surface area contributed by atoms with E-state index in [2.05, 4.69) is 15.3 Å². The van der Waals surface area contributed by atoms with E-state index < -0.39 is 0 Å². The minimum Gasteiger partial charge on any atom is -0.440 e. The van der Waals surface area contributed by atoms with E-state index in [0.717, 1.165) is 27.5 Å². The second-order valence-corrected chi connectivity index (χ2v) is 7.58. The molecule has 2 aromatic heterocycles. The molecule has 0 aliphatic rings. The van der Waals surface area contributed by atoms with Crippen molar-refractivity contribution in [2.24, 2.45) is 0 Å². The number of nitrogens with one attached hydrogen (secondary N) is 1. The quantitative estimate of drug-likeness (QED) is 0.483. The highest BCUT2D eigenvalue weighted by Gasteiger charge is 2.17. The van der Waals surface area contributed by atoms with Gasteiger partial charge in [0.15, 0.2) is 16.8 Å². The van der Waals surface area contributed by atoms with Crippen LogP contribution in [0.1, 0.15) is 17.2 Å². The maximum Gasteiger partial charge on any atom is 0.226 e. The number of thiazole rings is 1. The van der Waals surface area contributed by atoms with Crippen molar-refractivity contribution >= 4 is 22.4 Å². The molecule has 0 radical (unpaired) electrons. The Bertz CT molecular complexity index is 1010. The summed E-state index contributed by atoms with van der Waals surface area (Å²) in [6, 6.07) is 19.8. The van der Waals surface area contributed by atoms with Crippen LogP contribution in [0.4, 0.5) is 5.13 Å². The first kappa shape index (κ1) is 18.1. The Morgan fingerprint density at radius 2 is 1.71 bits per heavy atom. The summed E-state index contributed by atoms with van der Waals surface area (Å²) >= 11 is 1.46. The topological polar surface area (TPSA) is 68.0 Å². The number of hydrogen-bond acceptors (Lipinski definition) is 5. The minimum absolute atomic E-state index is 0.102. The van der Waals surface area contributed by atoms with Crippen molar-refractivity contribution in [1.29, 1.82) is 0 Å². The van der Waals surface area contributed by atoms with Gasteiger partial charge in [-0.3, -0.25) is 4.79 Å². The fraction of sp³-hybridized carbons (Fsp3) is 0.136. The molecule has 4 rings (SSSR count). The Balaban J connectivity index is 1.54. The molecule has 0 bridgehead atoms. The monoisotopic (exact) mass is 389 g/mol. The fourth-order valence-corrected chi connectivity index (χ4v) is 3.54. The molecular formula is C22H19N3O2S. The van der Waals surface area contributed by atoms with Crippen LogP contribution in [0, 0.1) is 6.92 Å². The highest BCUT2D eigenvalue weighted by atomic mass is 32.1. The van der Waals surface area contributed by atoms with Crippen molar-refractivity contribution in [1.82, 2.24) is 9.97 Å². The highest BCUT2D eigenvalue weighted by molar-refractivity contribution is 7.15. The summed E-state index contributed by atoms with van der Waals surface area (Å²) in [4.78, 5) is 22.1. The number of rotatable bonds is 6. The Labute approximate surface area is 167 Å². The molecule has 1 amide bonds. The molecule has 1 N–H and O–H groups in total. The van der Waals surface area contributed by atoms with Crippen LogP contribution in [0.3, 0.4) is 0 Å². The first-order valence-electron chi connectivity index (χ1n) is 9.02. The van der Waals surface area contributed by atoms with Crippen molar-refractivity contribution in [2.45, 2.75) is 19.8 Å². The SMILES string of the molecule is Cc1cnc(NC(=O)CCc2nc(-c3ccccc3)c(-c3ccccc3)o2)s1. The van der Waals surface area contributed by atoms with Gasteiger partial charge in [0.1, 0.15) is 5.69 Å². The number of benzene rings is 2. The average molecular weight is 389 g/mol. The number of hydrogen-bond donors (Lipinski definition) is 1. The lowest BCUT2D eigenvalue weighted by atomic mass is 10.1. The van der Waals surface area contributed by atoms with Gasteiger partial charge in [-0.15, -0.1) is 11.3 Å². The summed E-state index contributed by atoms with van der Waals surface area (Å²) in [6.45, 7) is 1.95. The molecule has 4 aromatic rings. The van der Waals surface area contributed by atoms with Gasteiger partial charge < -0.3 is 9.73 Å². The maximum atomic E-state index is 12.2. The van der Waals surface area contributed by atoms with Gasteiger partial charge in [0.05, 0.1) is 0 Å². The molecule has 0 saturated carbocycles. The molecule has 2 aromatic carbocycles. The normalized spacial score (nSPS) is 10.8. The zero-order valence-electron chi connectivity index (χ0n) is 15.4. The molecule has 2 heterocycles. The third kappa shape index (κ3) is 4.18. The van der Waals surface area contributed by atoms with Gasteiger partial charge in [0, 0.05) is 35.0 Å². The van der Waals surface area contributed by atoms with Crippen LogP contribution in [0.25, 0.3) is 22.6 Å². The summed E-state index contributed by atoms with van der Waals surface area (Å²) < 4.78 is 6.06. The van der Waals surface area contributed by atoms with Gasteiger partial charge in [-0.1, -0.05) is 60.7 Å². The molecule has 0 aliphatic carbocycles. The Morgan fingerprint density at radius 3 is 2.36 bits per heavy atom.